The molecule has 0 aliphatic carbocycles. The molecule has 1 unspecified atom stereocenters. The molecular weight excluding hydrogens is 422 g/mol. The van der Waals surface area contributed by atoms with E-state index in [1.165, 1.54) is 0 Å². The Bertz CT molecular complexity index is 1250. The van der Waals surface area contributed by atoms with Crippen molar-refractivity contribution in [2.45, 2.75) is 19.5 Å². The smallest absolute Gasteiger partial charge is 0.273 e. The number of nitrogens with zero attached hydrogens (tertiary/aromatic N) is 2. The fourth-order valence-corrected chi connectivity index (χ4v) is 4.44. The Morgan fingerprint density at radius 1 is 1.00 bits per heavy atom. The Labute approximate surface area is 191 Å². The minimum Gasteiger partial charge on any atom is -0.494 e. The molecule has 0 spiro atoms. The van der Waals surface area contributed by atoms with Crippen molar-refractivity contribution in [3.63, 3.8) is 0 Å². The molecule has 0 saturated heterocycles. The fraction of sp³-hybridized carbons (Fsp3) is 0.154. The molecule has 1 N–H and O–H groups in total. The van der Waals surface area contributed by atoms with Crippen molar-refractivity contribution in [1.29, 1.82) is 0 Å². The van der Waals surface area contributed by atoms with Gasteiger partial charge in [-0.05, 0) is 36.2 Å². The number of benzene rings is 3. The van der Waals surface area contributed by atoms with Crippen LogP contribution in [0.2, 0.25) is 5.02 Å². The van der Waals surface area contributed by atoms with Gasteiger partial charge in [-0.1, -0.05) is 72.3 Å². The van der Waals surface area contributed by atoms with Gasteiger partial charge in [0.25, 0.3) is 5.91 Å². The van der Waals surface area contributed by atoms with Gasteiger partial charge >= 0.3 is 0 Å². The lowest BCUT2D eigenvalue weighted by Crippen LogP contribution is -2.29. The van der Waals surface area contributed by atoms with Crippen LogP contribution in [0.25, 0.3) is 11.3 Å². The third-order valence-corrected chi connectivity index (χ3v) is 6.09. The summed E-state index contributed by atoms with van der Waals surface area (Å²) < 4.78 is 5.61. The van der Waals surface area contributed by atoms with Crippen LogP contribution in [0.4, 0.5) is 0 Å². The third-order valence-electron chi connectivity index (χ3n) is 5.72. The van der Waals surface area contributed by atoms with E-state index >= 15 is 0 Å². The number of carbonyl (C=O) groups excluding carboxylic acids is 1. The first kappa shape index (κ1) is 20.3. The maximum atomic E-state index is 13.5. The maximum absolute atomic E-state index is 13.5. The number of amides is 1. The van der Waals surface area contributed by atoms with Crippen LogP contribution >= 0.6 is 11.6 Å². The van der Waals surface area contributed by atoms with E-state index in [1.807, 2.05) is 90.7 Å². The lowest BCUT2D eigenvalue weighted by Gasteiger charge is -2.27. The number of carbonyl (C=O) groups is 1. The Morgan fingerprint density at radius 3 is 2.44 bits per heavy atom. The standard InChI is InChI=1S/C26H22ClN3O2/c1-2-32-20-14-12-18(13-15-20)25-22-23(17-8-4-3-5-9-17)28-29-24(22)26(31)30(25)16-19-10-6-7-11-21(19)27/h3-15,25H,2,16H2,1H3,(H,28,29). The van der Waals surface area contributed by atoms with Crippen molar-refractivity contribution in [2.75, 3.05) is 6.61 Å². The minimum absolute atomic E-state index is 0.0894. The molecule has 5 rings (SSSR count). The lowest BCUT2D eigenvalue weighted by atomic mass is 9.96. The molecule has 0 radical (unpaired) electrons. The first-order chi connectivity index (χ1) is 15.7. The highest BCUT2D eigenvalue weighted by atomic mass is 35.5. The van der Waals surface area contributed by atoms with Gasteiger partial charge in [0.05, 0.1) is 18.3 Å². The number of fused-ring (bicyclic) bond motifs is 1. The molecule has 1 aliphatic heterocycles. The molecule has 5 nitrogen and oxygen atoms in total. The van der Waals surface area contributed by atoms with Gasteiger partial charge in [0, 0.05) is 22.7 Å². The normalized spacial score (nSPS) is 15.1. The van der Waals surface area contributed by atoms with Gasteiger partial charge < -0.3 is 9.64 Å². The Morgan fingerprint density at radius 2 is 1.72 bits per heavy atom. The van der Waals surface area contributed by atoms with Gasteiger partial charge in [0.2, 0.25) is 0 Å². The molecule has 0 fully saturated rings. The van der Waals surface area contributed by atoms with Crippen molar-refractivity contribution in [3.05, 3.63) is 106 Å². The number of hydrogen-bond donors (Lipinski definition) is 1. The van der Waals surface area contributed by atoms with Crippen molar-refractivity contribution in [3.8, 4) is 17.0 Å². The van der Waals surface area contributed by atoms with E-state index in [1.54, 1.807) is 0 Å². The van der Waals surface area contributed by atoms with Crippen LogP contribution < -0.4 is 4.74 Å². The van der Waals surface area contributed by atoms with Crippen LogP contribution in [0.15, 0.2) is 78.9 Å². The topological polar surface area (TPSA) is 58.2 Å². The largest absolute Gasteiger partial charge is 0.494 e. The van der Waals surface area contributed by atoms with Gasteiger partial charge in [-0.3, -0.25) is 9.89 Å². The van der Waals surface area contributed by atoms with Crippen LogP contribution in [-0.2, 0) is 6.54 Å². The highest BCUT2D eigenvalue weighted by Crippen LogP contribution is 2.44. The van der Waals surface area contributed by atoms with Crippen LogP contribution in [0.3, 0.4) is 0 Å². The number of aromatic nitrogens is 2. The maximum Gasteiger partial charge on any atom is 0.273 e. The van der Waals surface area contributed by atoms with E-state index in [-0.39, 0.29) is 11.9 Å². The monoisotopic (exact) mass is 443 g/mol. The van der Waals surface area contributed by atoms with Gasteiger partial charge in [-0.25, -0.2) is 0 Å². The van der Waals surface area contributed by atoms with E-state index < -0.39 is 0 Å². The molecule has 1 aliphatic rings. The highest BCUT2D eigenvalue weighted by Gasteiger charge is 2.42. The number of nitrogens with one attached hydrogen (secondary N) is 1. The molecule has 1 amide bonds. The highest BCUT2D eigenvalue weighted by molar-refractivity contribution is 6.31. The van der Waals surface area contributed by atoms with E-state index in [9.17, 15) is 4.79 Å². The summed E-state index contributed by atoms with van der Waals surface area (Å²) in [5.74, 6) is 0.711. The van der Waals surface area contributed by atoms with Crippen LogP contribution in [0.5, 0.6) is 5.75 Å². The summed E-state index contributed by atoms with van der Waals surface area (Å²) in [5.41, 5.74) is 5.05. The minimum atomic E-state index is -0.293. The summed E-state index contributed by atoms with van der Waals surface area (Å²) in [6, 6.07) is 25.2. The SMILES string of the molecule is CCOc1ccc(C2c3c(-c4ccccc4)n[nH]c3C(=O)N2Cc2ccccc2Cl)cc1. The van der Waals surface area contributed by atoms with Crippen molar-refractivity contribution >= 4 is 17.5 Å². The molecule has 2 heterocycles. The lowest BCUT2D eigenvalue weighted by molar-refractivity contribution is 0.0730. The average Bonchev–Trinajstić information content (AvgIpc) is 3.36. The zero-order valence-electron chi connectivity index (χ0n) is 17.6. The first-order valence-electron chi connectivity index (χ1n) is 10.6. The summed E-state index contributed by atoms with van der Waals surface area (Å²) in [7, 11) is 0. The van der Waals surface area contributed by atoms with Gasteiger partial charge in [0.15, 0.2) is 0 Å². The van der Waals surface area contributed by atoms with E-state index in [2.05, 4.69) is 10.2 Å². The quantitative estimate of drug-likeness (QED) is 0.405. The number of aromatic amines is 1. The van der Waals surface area contributed by atoms with Gasteiger partial charge in [-0.2, -0.15) is 5.10 Å². The Balaban J connectivity index is 1.62. The summed E-state index contributed by atoms with van der Waals surface area (Å²) >= 11 is 6.44. The second-order valence-electron chi connectivity index (χ2n) is 7.66. The molecule has 6 heteroatoms. The Hall–Kier alpha value is -3.57. The van der Waals surface area contributed by atoms with Crippen molar-refractivity contribution in [2.24, 2.45) is 0 Å². The number of hydrogen-bond acceptors (Lipinski definition) is 3. The molecule has 1 aromatic heterocycles. The van der Waals surface area contributed by atoms with Crippen molar-refractivity contribution in [1.82, 2.24) is 15.1 Å². The summed E-state index contributed by atoms with van der Waals surface area (Å²) in [5, 5.41) is 8.16. The Kier molecular flexibility index (Phi) is 5.41. The van der Waals surface area contributed by atoms with E-state index in [0.29, 0.717) is 23.9 Å². The molecule has 0 saturated carbocycles. The first-order valence-corrected chi connectivity index (χ1v) is 11.0. The average molecular weight is 444 g/mol. The fourth-order valence-electron chi connectivity index (χ4n) is 4.25. The van der Waals surface area contributed by atoms with E-state index in [0.717, 1.165) is 33.7 Å². The molecule has 1 atom stereocenters. The molecule has 3 aromatic carbocycles. The molecule has 4 aromatic rings. The molecule has 32 heavy (non-hydrogen) atoms. The predicted molar refractivity (Wildman–Crippen MR) is 125 cm³/mol. The molecule has 160 valence electrons. The molecular formula is C26H22ClN3O2. The van der Waals surface area contributed by atoms with Gasteiger partial charge in [-0.15, -0.1) is 0 Å². The zero-order valence-corrected chi connectivity index (χ0v) is 18.3. The summed E-state index contributed by atoms with van der Waals surface area (Å²) in [4.78, 5) is 15.4. The molecule has 0 bridgehead atoms. The number of ether oxygens (including phenoxy) is 1. The number of halogens is 1. The van der Waals surface area contributed by atoms with Gasteiger partial charge in [0.1, 0.15) is 11.4 Å². The van der Waals surface area contributed by atoms with Crippen LogP contribution in [-0.4, -0.2) is 27.6 Å². The zero-order chi connectivity index (χ0) is 22.1. The van der Waals surface area contributed by atoms with Crippen LogP contribution in [0, 0.1) is 0 Å². The van der Waals surface area contributed by atoms with Crippen LogP contribution in [0.1, 0.15) is 40.1 Å². The number of rotatable bonds is 6. The predicted octanol–water partition coefficient (Wildman–Crippen LogP) is 5.87. The second kappa shape index (κ2) is 8.52. The summed E-state index contributed by atoms with van der Waals surface area (Å²) in [6.45, 7) is 2.95. The summed E-state index contributed by atoms with van der Waals surface area (Å²) in [6.07, 6.45) is 0. The van der Waals surface area contributed by atoms with Crippen molar-refractivity contribution < 1.29 is 9.53 Å². The number of H-pyrrole nitrogens is 1. The van der Waals surface area contributed by atoms with E-state index in [4.69, 9.17) is 16.3 Å². The second-order valence-corrected chi connectivity index (χ2v) is 8.06. The third kappa shape index (κ3) is 3.55.